The van der Waals surface area contributed by atoms with Crippen molar-refractivity contribution in [2.45, 2.75) is 39.7 Å². The molecule has 0 saturated carbocycles. The third kappa shape index (κ3) is 2.56. The Morgan fingerprint density at radius 3 is 2.52 bits per heavy atom. The Morgan fingerprint density at radius 1 is 1.19 bits per heavy atom. The van der Waals surface area contributed by atoms with Crippen LogP contribution >= 0.6 is 0 Å². The number of hydrogen-bond donors (Lipinski definition) is 2. The van der Waals surface area contributed by atoms with Gasteiger partial charge in [-0.1, -0.05) is 12.1 Å². The number of carbonyl (C=O) groups is 1. The van der Waals surface area contributed by atoms with Crippen molar-refractivity contribution in [3.05, 3.63) is 34.6 Å². The van der Waals surface area contributed by atoms with Gasteiger partial charge in [-0.05, 0) is 57.8 Å². The Hall–Kier alpha value is -1.81. The smallest absolute Gasteiger partial charge is 0.287 e. The molecule has 1 aliphatic heterocycles. The summed E-state index contributed by atoms with van der Waals surface area (Å²) < 4.78 is 5.89. The third-order valence-corrected chi connectivity index (χ3v) is 4.36. The van der Waals surface area contributed by atoms with Gasteiger partial charge in [0.1, 0.15) is 5.58 Å². The number of piperidine rings is 1. The Bertz CT molecular complexity index is 682. The van der Waals surface area contributed by atoms with Crippen LogP contribution in [-0.4, -0.2) is 25.0 Å². The quantitative estimate of drug-likeness (QED) is 0.892. The van der Waals surface area contributed by atoms with E-state index in [2.05, 4.69) is 23.6 Å². The van der Waals surface area contributed by atoms with Crippen molar-refractivity contribution < 1.29 is 9.21 Å². The molecule has 112 valence electrons. The van der Waals surface area contributed by atoms with Crippen LogP contribution in [0.4, 0.5) is 0 Å². The van der Waals surface area contributed by atoms with E-state index >= 15 is 0 Å². The van der Waals surface area contributed by atoms with Crippen LogP contribution in [0.1, 0.15) is 40.1 Å². The molecule has 0 bridgehead atoms. The zero-order chi connectivity index (χ0) is 15.0. The molecule has 0 atom stereocenters. The van der Waals surface area contributed by atoms with E-state index in [9.17, 15) is 4.79 Å². The number of rotatable bonds is 2. The maximum absolute atomic E-state index is 12.5. The van der Waals surface area contributed by atoms with E-state index in [0.717, 1.165) is 53.6 Å². The van der Waals surface area contributed by atoms with Crippen LogP contribution in [0.5, 0.6) is 0 Å². The molecular weight excluding hydrogens is 264 g/mol. The molecule has 4 heteroatoms. The summed E-state index contributed by atoms with van der Waals surface area (Å²) in [7, 11) is 0. The van der Waals surface area contributed by atoms with Crippen molar-refractivity contribution in [1.82, 2.24) is 10.6 Å². The number of nitrogens with one attached hydrogen (secondary N) is 2. The van der Waals surface area contributed by atoms with E-state index in [1.807, 2.05) is 19.9 Å². The number of benzene rings is 1. The average molecular weight is 286 g/mol. The molecule has 0 spiro atoms. The number of furan rings is 1. The molecule has 0 radical (unpaired) electrons. The largest absolute Gasteiger partial charge is 0.450 e. The Balaban J connectivity index is 1.93. The first-order valence-corrected chi connectivity index (χ1v) is 7.59. The standard InChI is InChI=1S/C17H22N2O2/c1-10-4-5-11(2)15-14(10)12(3)16(21-15)17(20)19-13-6-8-18-9-7-13/h4-5,13,18H,6-9H2,1-3H3,(H,19,20). The van der Waals surface area contributed by atoms with E-state index in [1.165, 1.54) is 0 Å². The Kier molecular flexibility index (Phi) is 3.72. The van der Waals surface area contributed by atoms with Crippen LogP contribution in [0, 0.1) is 20.8 Å². The number of aryl methyl sites for hydroxylation is 3. The summed E-state index contributed by atoms with van der Waals surface area (Å²) in [6, 6.07) is 4.36. The normalized spacial score (nSPS) is 16.3. The van der Waals surface area contributed by atoms with Gasteiger partial charge < -0.3 is 15.1 Å². The van der Waals surface area contributed by atoms with Gasteiger partial charge in [-0.2, -0.15) is 0 Å². The Morgan fingerprint density at radius 2 is 1.86 bits per heavy atom. The number of hydrogen-bond acceptors (Lipinski definition) is 3. The zero-order valence-corrected chi connectivity index (χ0v) is 12.9. The molecule has 4 nitrogen and oxygen atoms in total. The predicted octanol–water partition coefficient (Wildman–Crippen LogP) is 2.84. The highest BCUT2D eigenvalue weighted by molar-refractivity contribution is 6.00. The van der Waals surface area contributed by atoms with Crippen molar-refractivity contribution in [3.8, 4) is 0 Å². The van der Waals surface area contributed by atoms with Crippen LogP contribution in [0.15, 0.2) is 16.5 Å². The molecule has 1 aromatic heterocycles. The fourth-order valence-corrected chi connectivity index (χ4v) is 3.11. The van der Waals surface area contributed by atoms with Gasteiger partial charge in [-0.3, -0.25) is 4.79 Å². The zero-order valence-electron chi connectivity index (χ0n) is 12.9. The van der Waals surface area contributed by atoms with Gasteiger partial charge in [-0.15, -0.1) is 0 Å². The first-order valence-electron chi connectivity index (χ1n) is 7.59. The molecule has 1 aromatic carbocycles. The lowest BCUT2D eigenvalue weighted by Gasteiger charge is -2.23. The van der Waals surface area contributed by atoms with Gasteiger partial charge in [0.2, 0.25) is 0 Å². The van der Waals surface area contributed by atoms with Gasteiger partial charge in [0, 0.05) is 17.0 Å². The average Bonchev–Trinajstić information content (AvgIpc) is 2.83. The topological polar surface area (TPSA) is 54.3 Å². The van der Waals surface area contributed by atoms with E-state index in [0.29, 0.717) is 5.76 Å². The maximum Gasteiger partial charge on any atom is 0.287 e. The number of carbonyl (C=O) groups excluding carboxylic acids is 1. The summed E-state index contributed by atoms with van der Waals surface area (Å²) in [5.74, 6) is 0.371. The molecule has 0 aliphatic carbocycles. The van der Waals surface area contributed by atoms with Crippen LogP contribution < -0.4 is 10.6 Å². The van der Waals surface area contributed by atoms with E-state index < -0.39 is 0 Å². The Labute approximate surface area is 124 Å². The molecule has 0 unspecified atom stereocenters. The second-order valence-corrected chi connectivity index (χ2v) is 5.96. The second-order valence-electron chi connectivity index (χ2n) is 5.96. The third-order valence-electron chi connectivity index (χ3n) is 4.36. The van der Waals surface area contributed by atoms with Crippen molar-refractivity contribution in [1.29, 1.82) is 0 Å². The van der Waals surface area contributed by atoms with E-state index in [4.69, 9.17) is 4.42 Å². The lowest BCUT2D eigenvalue weighted by molar-refractivity contribution is 0.0902. The molecule has 2 N–H and O–H groups in total. The molecular formula is C17H22N2O2. The molecule has 2 aromatic rings. The van der Waals surface area contributed by atoms with Crippen LogP contribution in [0.25, 0.3) is 11.0 Å². The minimum atomic E-state index is -0.0885. The monoisotopic (exact) mass is 286 g/mol. The van der Waals surface area contributed by atoms with Crippen molar-refractivity contribution in [3.63, 3.8) is 0 Å². The molecule has 1 aliphatic rings. The molecule has 21 heavy (non-hydrogen) atoms. The van der Waals surface area contributed by atoms with Crippen molar-refractivity contribution in [2.24, 2.45) is 0 Å². The van der Waals surface area contributed by atoms with Gasteiger partial charge in [0.25, 0.3) is 5.91 Å². The second kappa shape index (κ2) is 5.53. The lowest BCUT2D eigenvalue weighted by Crippen LogP contribution is -2.42. The molecule has 1 saturated heterocycles. The summed E-state index contributed by atoms with van der Waals surface area (Å²) in [5.41, 5.74) is 4.00. The van der Waals surface area contributed by atoms with Crippen LogP contribution in [0.3, 0.4) is 0 Å². The van der Waals surface area contributed by atoms with Gasteiger partial charge in [0.15, 0.2) is 5.76 Å². The minimum absolute atomic E-state index is 0.0885. The highest BCUT2D eigenvalue weighted by Crippen LogP contribution is 2.30. The fourth-order valence-electron chi connectivity index (χ4n) is 3.11. The molecule has 1 amide bonds. The van der Waals surface area contributed by atoms with Gasteiger partial charge >= 0.3 is 0 Å². The van der Waals surface area contributed by atoms with Gasteiger partial charge in [0.05, 0.1) is 0 Å². The number of fused-ring (bicyclic) bond motifs is 1. The highest BCUT2D eigenvalue weighted by atomic mass is 16.3. The first-order chi connectivity index (χ1) is 10.1. The summed E-state index contributed by atoms with van der Waals surface area (Å²) in [5, 5.41) is 7.48. The van der Waals surface area contributed by atoms with E-state index in [-0.39, 0.29) is 11.9 Å². The molecule has 2 heterocycles. The first kappa shape index (κ1) is 14.1. The fraction of sp³-hybridized carbons (Fsp3) is 0.471. The lowest BCUT2D eigenvalue weighted by atomic mass is 10.0. The minimum Gasteiger partial charge on any atom is -0.450 e. The summed E-state index contributed by atoms with van der Waals surface area (Å²) >= 11 is 0. The van der Waals surface area contributed by atoms with Crippen LogP contribution in [0.2, 0.25) is 0 Å². The summed E-state index contributed by atoms with van der Waals surface area (Å²) in [4.78, 5) is 12.5. The number of amides is 1. The predicted molar refractivity (Wildman–Crippen MR) is 83.8 cm³/mol. The summed E-state index contributed by atoms with van der Waals surface area (Å²) in [6.45, 7) is 7.96. The highest BCUT2D eigenvalue weighted by Gasteiger charge is 2.23. The van der Waals surface area contributed by atoms with Crippen LogP contribution in [-0.2, 0) is 0 Å². The SMILES string of the molecule is Cc1ccc(C)c2c(C)c(C(=O)NC3CCNCC3)oc12. The molecule has 1 fully saturated rings. The van der Waals surface area contributed by atoms with Crippen molar-refractivity contribution >= 4 is 16.9 Å². The van der Waals surface area contributed by atoms with E-state index in [1.54, 1.807) is 0 Å². The van der Waals surface area contributed by atoms with Crippen molar-refractivity contribution in [2.75, 3.05) is 13.1 Å². The van der Waals surface area contributed by atoms with Gasteiger partial charge in [-0.25, -0.2) is 0 Å². The maximum atomic E-state index is 12.5. The molecule has 3 rings (SSSR count). The summed E-state index contributed by atoms with van der Waals surface area (Å²) in [6.07, 6.45) is 1.95.